The monoisotopic (exact) mass is 301 g/mol. The smallest absolute Gasteiger partial charge is 0.299 e. The summed E-state index contributed by atoms with van der Waals surface area (Å²) in [6.07, 6.45) is 2.70. The molecule has 6 heteroatoms. The molecule has 0 N–H and O–H groups in total. The van der Waals surface area contributed by atoms with E-state index in [1.54, 1.807) is 6.92 Å². The number of rotatable bonds is 5. The molecule has 0 aromatic rings. The van der Waals surface area contributed by atoms with Crippen LogP contribution in [0.15, 0.2) is 5.16 Å². The molecule has 0 amide bonds. The summed E-state index contributed by atoms with van der Waals surface area (Å²) in [4.78, 5) is 12.3. The molecule has 2 fully saturated rings. The van der Waals surface area contributed by atoms with Crippen LogP contribution in [0.4, 0.5) is 0 Å². The molecule has 0 spiro atoms. The second-order valence-corrected chi connectivity index (χ2v) is 8.18. The number of carbonyl (C=O) groups excluding carboxylic acids is 1. The van der Waals surface area contributed by atoms with Crippen molar-refractivity contribution in [1.29, 1.82) is 0 Å². The molecule has 2 aliphatic carbocycles. The lowest BCUT2D eigenvalue weighted by Crippen LogP contribution is -2.42. The van der Waals surface area contributed by atoms with E-state index in [1.165, 1.54) is 0 Å². The molecule has 2 rings (SSSR count). The minimum absolute atomic E-state index is 0.0714. The van der Waals surface area contributed by atoms with Crippen LogP contribution in [-0.2, 0) is 19.2 Å². The van der Waals surface area contributed by atoms with Gasteiger partial charge in [-0.05, 0) is 37.5 Å². The maximum absolute atomic E-state index is 12.3. The van der Waals surface area contributed by atoms with Crippen LogP contribution >= 0.6 is 0 Å². The zero-order chi connectivity index (χ0) is 15.2. The van der Waals surface area contributed by atoms with E-state index in [4.69, 9.17) is 4.28 Å². The quantitative estimate of drug-likeness (QED) is 0.578. The Bertz CT molecular complexity index is 550. The molecule has 0 aromatic heterocycles. The Labute approximate surface area is 120 Å². The molecule has 20 heavy (non-hydrogen) atoms. The first-order valence-corrected chi connectivity index (χ1v) is 8.70. The van der Waals surface area contributed by atoms with E-state index in [0.29, 0.717) is 30.9 Å². The molecule has 0 heterocycles. The maximum atomic E-state index is 12.3. The normalized spacial score (nSPS) is 32.7. The zero-order valence-electron chi connectivity index (χ0n) is 12.6. The first kappa shape index (κ1) is 15.5. The van der Waals surface area contributed by atoms with Gasteiger partial charge in [-0.3, -0.25) is 9.08 Å². The van der Waals surface area contributed by atoms with Gasteiger partial charge in [0.05, 0.1) is 11.1 Å². The molecule has 2 aliphatic rings. The highest BCUT2D eigenvalue weighted by Gasteiger charge is 2.65. The van der Waals surface area contributed by atoms with E-state index in [1.807, 2.05) is 20.8 Å². The van der Waals surface area contributed by atoms with Crippen LogP contribution in [0.5, 0.6) is 0 Å². The van der Waals surface area contributed by atoms with Gasteiger partial charge in [0.2, 0.25) is 0 Å². The molecule has 2 bridgehead atoms. The lowest BCUT2D eigenvalue weighted by atomic mass is 9.70. The number of fused-ring (bicyclic) bond motifs is 2. The molecule has 0 aliphatic heterocycles. The Kier molecular flexibility index (Phi) is 3.73. The van der Waals surface area contributed by atoms with Gasteiger partial charge in [-0.1, -0.05) is 25.9 Å². The van der Waals surface area contributed by atoms with E-state index < -0.39 is 15.5 Å². The highest BCUT2D eigenvalue weighted by Crippen LogP contribution is 2.64. The van der Waals surface area contributed by atoms with Gasteiger partial charge in [0.15, 0.2) is 0 Å². The summed E-state index contributed by atoms with van der Waals surface area (Å²) in [7, 11) is -3.83. The van der Waals surface area contributed by atoms with Crippen LogP contribution in [0, 0.1) is 16.7 Å². The minimum Gasteiger partial charge on any atom is -0.299 e. The summed E-state index contributed by atoms with van der Waals surface area (Å²) in [5.74, 6) is 0.122. The van der Waals surface area contributed by atoms with E-state index in [9.17, 15) is 13.2 Å². The highest BCUT2D eigenvalue weighted by atomic mass is 32.2. The van der Waals surface area contributed by atoms with E-state index in [2.05, 4.69) is 5.16 Å². The third kappa shape index (κ3) is 2.28. The van der Waals surface area contributed by atoms with Crippen molar-refractivity contribution >= 4 is 21.6 Å². The summed E-state index contributed by atoms with van der Waals surface area (Å²) >= 11 is 0. The largest absolute Gasteiger partial charge is 0.329 e. The summed E-state index contributed by atoms with van der Waals surface area (Å²) in [6, 6.07) is 0. The summed E-state index contributed by atoms with van der Waals surface area (Å²) in [5, 5.41) is 3.63. The third-order valence-electron chi connectivity index (χ3n) is 5.38. The van der Waals surface area contributed by atoms with Crippen molar-refractivity contribution in [1.82, 2.24) is 0 Å². The number of ketones is 1. The van der Waals surface area contributed by atoms with Crippen LogP contribution < -0.4 is 0 Å². The fourth-order valence-electron chi connectivity index (χ4n) is 3.62. The Morgan fingerprint density at radius 1 is 1.45 bits per heavy atom. The van der Waals surface area contributed by atoms with Gasteiger partial charge in [-0.15, -0.1) is 0 Å². The molecular weight excluding hydrogens is 278 g/mol. The van der Waals surface area contributed by atoms with Crippen LogP contribution in [0.25, 0.3) is 0 Å². The minimum atomic E-state index is -3.83. The number of hydrogen-bond acceptors (Lipinski definition) is 5. The van der Waals surface area contributed by atoms with Gasteiger partial charge >= 0.3 is 10.1 Å². The number of hydrogen-bond donors (Lipinski definition) is 0. The van der Waals surface area contributed by atoms with Crippen molar-refractivity contribution in [2.75, 3.05) is 5.75 Å². The van der Waals surface area contributed by atoms with Gasteiger partial charge in [0.1, 0.15) is 11.5 Å². The predicted octanol–water partition coefficient (Wildman–Crippen LogP) is 2.51. The fraction of sp³-hybridized carbons (Fsp3) is 0.857. The average molecular weight is 301 g/mol. The average Bonchev–Trinajstić information content (AvgIpc) is 2.69. The lowest BCUT2D eigenvalue weighted by Gasteiger charge is -2.35. The standard InChI is InChI=1S/C14H23NO4S/c1-5-10(2)15-19-20(17,18)9-14-7-6-11(8-12(14)16)13(14,3)4/h11H,5-9H2,1-4H3. The molecule has 114 valence electrons. The Balaban J connectivity index is 2.22. The van der Waals surface area contributed by atoms with Crippen LogP contribution in [0.3, 0.4) is 0 Å². The molecule has 0 aromatic carbocycles. The summed E-state index contributed by atoms with van der Waals surface area (Å²) in [5.41, 5.74) is -0.441. The van der Waals surface area contributed by atoms with Crippen LogP contribution in [0.2, 0.25) is 0 Å². The molecule has 2 unspecified atom stereocenters. The van der Waals surface area contributed by atoms with E-state index >= 15 is 0 Å². The topological polar surface area (TPSA) is 72.8 Å². The van der Waals surface area contributed by atoms with Gasteiger partial charge in [0.25, 0.3) is 0 Å². The van der Waals surface area contributed by atoms with Gasteiger partial charge < -0.3 is 0 Å². The summed E-state index contributed by atoms with van der Waals surface area (Å²) in [6.45, 7) is 7.60. The fourth-order valence-corrected chi connectivity index (χ4v) is 5.20. The van der Waals surface area contributed by atoms with E-state index in [0.717, 1.165) is 6.42 Å². The summed E-state index contributed by atoms with van der Waals surface area (Å²) < 4.78 is 29.0. The van der Waals surface area contributed by atoms with E-state index in [-0.39, 0.29) is 17.0 Å². The van der Waals surface area contributed by atoms with Crippen molar-refractivity contribution in [2.24, 2.45) is 21.9 Å². The first-order valence-electron chi connectivity index (χ1n) is 7.13. The number of Topliss-reactive ketones (excluding diaryl/α,β-unsaturated/α-hetero) is 1. The molecule has 2 atom stereocenters. The molecule has 0 saturated heterocycles. The Morgan fingerprint density at radius 2 is 2.10 bits per heavy atom. The van der Waals surface area contributed by atoms with Crippen molar-refractivity contribution in [3.63, 3.8) is 0 Å². The second kappa shape index (κ2) is 4.83. The zero-order valence-corrected chi connectivity index (χ0v) is 13.4. The maximum Gasteiger partial charge on any atom is 0.329 e. The molecular formula is C14H23NO4S. The number of nitrogens with zero attached hydrogens (tertiary/aromatic N) is 1. The van der Waals surface area contributed by atoms with Crippen molar-refractivity contribution in [3.05, 3.63) is 0 Å². The second-order valence-electron chi connectivity index (χ2n) is 6.62. The lowest BCUT2D eigenvalue weighted by molar-refractivity contribution is -0.128. The van der Waals surface area contributed by atoms with Crippen molar-refractivity contribution < 1.29 is 17.5 Å². The molecule has 0 radical (unpaired) electrons. The first-order chi connectivity index (χ1) is 9.14. The Hall–Kier alpha value is -0.910. The van der Waals surface area contributed by atoms with Crippen molar-refractivity contribution in [2.45, 2.75) is 53.4 Å². The third-order valence-corrected chi connectivity index (χ3v) is 6.53. The number of oxime groups is 1. The molecule has 2 saturated carbocycles. The van der Waals surface area contributed by atoms with Gasteiger partial charge in [0, 0.05) is 6.42 Å². The van der Waals surface area contributed by atoms with Gasteiger partial charge in [-0.2, -0.15) is 8.42 Å². The van der Waals surface area contributed by atoms with Crippen molar-refractivity contribution in [3.8, 4) is 0 Å². The number of carbonyl (C=O) groups is 1. The highest BCUT2D eigenvalue weighted by molar-refractivity contribution is 7.86. The predicted molar refractivity (Wildman–Crippen MR) is 76.8 cm³/mol. The van der Waals surface area contributed by atoms with Crippen LogP contribution in [0.1, 0.15) is 53.4 Å². The SMILES string of the molecule is CCC(C)=NOS(=O)(=O)CC12CCC(CC1=O)C2(C)C. The Morgan fingerprint density at radius 3 is 2.55 bits per heavy atom. The molecule has 5 nitrogen and oxygen atoms in total. The van der Waals surface area contributed by atoms with Gasteiger partial charge in [-0.25, -0.2) is 0 Å². The van der Waals surface area contributed by atoms with Crippen LogP contribution in [-0.4, -0.2) is 25.7 Å².